The molecule has 6 aromatic heterocycles. The summed E-state index contributed by atoms with van der Waals surface area (Å²) in [4.78, 5) is 60.3. The monoisotopic (exact) mass is 986 g/mol. The fourth-order valence-electron chi connectivity index (χ4n) is 6.82. The second-order valence-electron chi connectivity index (χ2n) is 15.5. The van der Waals surface area contributed by atoms with Crippen molar-refractivity contribution in [1.82, 2.24) is 39.8 Å². The molecule has 0 bridgehead atoms. The fraction of sp³-hybridized carbons (Fsp3) is 0.167. The Morgan fingerprint density at radius 2 is 1.04 bits per heavy atom. The van der Waals surface area contributed by atoms with Crippen LogP contribution in [0, 0.1) is 11.6 Å². The van der Waals surface area contributed by atoms with E-state index < -0.39 is 18.8 Å². The quantitative estimate of drug-likeness (QED) is 0.112. The maximum Gasteiger partial charge on any atom is 0.488 e. The molecule has 0 spiro atoms. The lowest BCUT2D eigenvalue weighted by atomic mass is 9.80. The molecule has 0 saturated heterocycles. The molecule has 4 amide bonds. The molecular weight excluding hydrogens is 941 g/mol. The van der Waals surface area contributed by atoms with Crippen LogP contribution in [0.25, 0.3) is 22.2 Å². The van der Waals surface area contributed by atoms with Gasteiger partial charge in [-0.15, -0.1) is 0 Å². The molecule has 348 valence electrons. The maximum absolute atomic E-state index is 13.4. The third kappa shape index (κ3) is 11.6. The van der Waals surface area contributed by atoms with Crippen molar-refractivity contribution in [2.24, 2.45) is 0 Å². The van der Waals surface area contributed by atoms with Crippen LogP contribution in [0.3, 0.4) is 0 Å². The summed E-state index contributed by atoms with van der Waals surface area (Å²) in [5, 5.41) is 31.1. The van der Waals surface area contributed by atoms with Crippen LogP contribution in [-0.2, 0) is 0 Å². The highest BCUT2D eigenvalue weighted by molar-refractivity contribution is 9.10. The number of nitrogens with one attached hydrogen (secondary N) is 2. The largest absolute Gasteiger partial charge is 0.488 e. The molecule has 0 aliphatic rings. The van der Waals surface area contributed by atoms with Gasteiger partial charge in [-0.05, 0) is 127 Å². The van der Waals surface area contributed by atoms with Crippen molar-refractivity contribution in [3.63, 3.8) is 0 Å². The lowest BCUT2D eigenvalue weighted by Gasteiger charge is -2.25. The predicted molar refractivity (Wildman–Crippen MR) is 259 cm³/mol. The van der Waals surface area contributed by atoms with Crippen LogP contribution >= 0.6 is 15.9 Å². The summed E-state index contributed by atoms with van der Waals surface area (Å²) >= 11 is 3.41. The first-order valence-electron chi connectivity index (χ1n) is 21.0. The number of nitrogens with zero attached hydrogens (tertiary/aromatic N) is 8. The van der Waals surface area contributed by atoms with Gasteiger partial charge in [-0.25, -0.2) is 27.8 Å². The Bertz CT molecular complexity index is 3040. The first-order chi connectivity index (χ1) is 32.5. The van der Waals surface area contributed by atoms with Crippen molar-refractivity contribution in [3.05, 3.63) is 173 Å². The van der Waals surface area contributed by atoms with E-state index in [1.807, 2.05) is 39.8 Å². The molecule has 68 heavy (non-hydrogen) atoms. The Kier molecular flexibility index (Phi) is 16.2. The van der Waals surface area contributed by atoms with Crippen LogP contribution in [0.5, 0.6) is 0 Å². The minimum absolute atomic E-state index is 0.120. The third-order valence-corrected chi connectivity index (χ3v) is 10.9. The molecule has 20 heteroatoms. The minimum Gasteiger partial charge on any atom is -0.423 e. The summed E-state index contributed by atoms with van der Waals surface area (Å²) in [6.45, 7) is 7.52. The number of amides is 4. The van der Waals surface area contributed by atoms with E-state index in [1.165, 1.54) is 65.4 Å². The average molecular weight is 988 g/mol. The first-order valence-corrected chi connectivity index (χ1v) is 21.8. The second-order valence-corrected chi connectivity index (χ2v) is 16.3. The highest BCUT2D eigenvalue weighted by Gasteiger charge is 2.24. The third-order valence-electron chi connectivity index (χ3n) is 10.3. The van der Waals surface area contributed by atoms with Gasteiger partial charge in [0.1, 0.15) is 23.3 Å². The topological polar surface area (TPSA) is 200 Å². The van der Waals surface area contributed by atoms with E-state index in [1.54, 1.807) is 77.3 Å². The normalized spacial score (nSPS) is 10.8. The van der Waals surface area contributed by atoms with Gasteiger partial charge in [-0.3, -0.25) is 29.0 Å². The van der Waals surface area contributed by atoms with Gasteiger partial charge in [0.05, 0.1) is 40.3 Å². The Labute approximate surface area is 398 Å². The molecule has 0 unspecified atom stereocenters. The van der Waals surface area contributed by atoms with E-state index in [-0.39, 0.29) is 35.7 Å². The van der Waals surface area contributed by atoms with E-state index in [0.717, 1.165) is 39.0 Å². The Morgan fingerprint density at radius 3 is 1.47 bits per heavy atom. The number of rotatable bonds is 10. The van der Waals surface area contributed by atoms with Gasteiger partial charge in [-0.2, -0.15) is 10.2 Å². The number of carbonyl (C=O) groups excluding carboxylic acids is 4. The number of fused-ring (bicyclic) bond motifs is 2. The van der Waals surface area contributed by atoms with Gasteiger partial charge in [-0.1, -0.05) is 24.3 Å². The predicted octanol–water partition coefficient (Wildman–Crippen LogP) is 6.36. The number of halogens is 3. The van der Waals surface area contributed by atoms with Crippen molar-refractivity contribution >= 4 is 74.8 Å². The lowest BCUT2D eigenvalue weighted by Crippen LogP contribution is -2.37. The molecule has 0 aliphatic heterocycles. The Balaban J connectivity index is 0.000000184. The Morgan fingerprint density at radius 1 is 0.603 bits per heavy atom. The van der Waals surface area contributed by atoms with Crippen LogP contribution in [0.4, 0.5) is 20.4 Å². The molecule has 4 N–H and O–H groups in total. The number of aromatic nitrogens is 6. The molecule has 8 aromatic rings. The van der Waals surface area contributed by atoms with Crippen LogP contribution < -0.4 is 25.9 Å². The van der Waals surface area contributed by atoms with E-state index in [4.69, 9.17) is 10.0 Å². The van der Waals surface area contributed by atoms with Crippen molar-refractivity contribution in [2.45, 2.75) is 39.8 Å². The van der Waals surface area contributed by atoms with Crippen molar-refractivity contribution in [3.8, 4) is 11.1 Å². The van der Waals surface area contributed by atoms with Crippen LogP contribution in [0.15, 0.2) is 139 Å². The standard InChI is InChI=1S/C24H22FN5O2.C16H14BrFN4O.C8H10BNO3/c1-15(2)30(22-9-8-19(25)13-27-22)24(32)18-10-11-29-21(12-18)20(14-28-29)16-4-6-17(7-5-16)23(31)26-3;1-10(2)22(15-4-3-12(18)8-19-15)16(23)11-5-6-21-14(7-11)13(17)9-20-21;1-10-8(11)6-2-4-7(5-3-6)9(12)13/h4-15H,1-3H3,(H,26,31);3-10H,1-2H3;2-5,12-13H,1H3,(H,10,11). The summed E-state index contributed by atoms with van der Waals surface area (Å²) in [7, 11) is 1.64. The van der Waals surface area contributed by atoms with E-state index in [0.29, 0.717) is 39.4 Å². The number of carbonyl (C=O) groups is 4. The molecule has 8 rings (SSSR count). The van der Waals surface area contributed by atoms with Gasteiger partial charge < -0.3 is 20.7 Å². The summed E-state index contributed by atoms with van der Waals surface area (Å²) in [6.07, 6.45) is 9.05. The van der Waals surface area contributed by atoms with Crippen molar-refractivity contribution < 1.29 is 38.0 Å². The number of benzene rings is 2. The van der Waals surface area contributed by atoms with Gasteiger partial charge in [0.2, 0.25) is 0 Å². The van der Waals surface area contributed by atoms with E-state index in [9.17, 15) is 28.0 Å². The maximum atomic E-state index is 13.4. The van der Waals surface area contributed by atoms with Gasteiger partial charge in [0.15, 0.2) is 0 Å². The smallest absolute Gasteiger partial charge is 0.423 e. The number of hydrogen-bond donors (Lipinski definition) is 4. The highest BCUT2D eigenvalue weighted by atomic mass is 79.9. The van der Waals surface area contributed by atoms with Gasteiger partial charge in [0, 0.05) is 66.4 Å². The van der Waals surface area contributed by atoms with Gasteiger partial charge in [0.25, 0.3) is 23.6 Å². The summed E-state index contributed by atoms with van der Waals surface area (Å²) < 4.78 is 30.6. The zero-order valence-corrected chi connectivity index (χ0v) is 39.3. The van der Waals surface area contributed by atoms with Gasteiger partial charge >= 0.3 is 7.12 Å². The Hall–Kier alpha value is -7.68. The molecular formula is C48H46BBrF2N10O6. The van der Waals surface area contributed by atoms with Crippen molar-refractivity contribution in [1.29, 1.82) is 0 Å². The molecule has 0 radical (unpaired) electrons. The number of pyridine rings is 4. The molecule has 16 nitrogen and oxygen atoms in total. The van der Waals surface area contributed by atoms with Crippen LogP contribution in [0.1, 0.15) is 69.1 Å². The van der Waals surface area contributed by atoms with Crippen molar-refractivity contribution in [2.75, 3.05) is 23.9 Å². The molecule has 0 fully saturated rings. The van der Waals surface area contributed by atoms with Crippen LogP contribution in [0.2, 0.25) is 0 Å². The highest BCUT2D eigenvalue weighted by Crippen LogP contribution is 2.27. The average Bonchev–Trinajstić information content (AvgIpc) is 3.95. The fourth-order valence-corrected chi connectivity index (χ4v) is 7.21. The van der Waals surface area contributed by atoms with E-state index in [2.05, 4.69) is 46.7 Å². The van der Waals surface area contributed by atoms with E-state index >= 15 is 0 Å². The molecule has 0 saturated carbocycles. The SMILES string of the molecule is CC(C)N(C(=O)c1ccn2ncc(Br)c2c1)c1ccc(F)cn1.CNC(=O)c1ccc(-c2cnn3ccc(C(=O)N(c4ccc(F)cn4)C(C)C)cc23)cc1.CNC(=O)c1ccc(B(O)O)cc1. The molecule has 6 heterocycles. The second kappa shape index (κ2) is 22.2. The molecule has 2 aromatic carbocycles. The van der Waals surface area contributed by atoms with Crippen LogP contribution in [-0.4, -0.2) is 96.2 Å². The zero-order valence-electron chi connectivity index (χ0n) is 37.7. The molecule has 0 aliphatic carbocycles. The lowest BCUT2D eigenvalue weighted by molar-refractivity contribution is 0.0955. The summed E-state index contributed by atoms with van der Waals surface area (Å²) in [6, 6.07) is 25.4. The first kappa shape index (κ1) is 49.8. The summed E-state index contributed by atoms with van der Waals surface area (Å²) in [5.74, 6) is -0.902. The molecule has 0 atom stereocenters. The zero-order chi connectivity index (χ0) is 49.2. The number of anilines is 2. The minimum atomic E-state index is -1.49. The summed E-state index contributed by atoms with van der Waals surface area (Å²) in [5.41, 5.74) is 5.64. The number of hydrogen-bond acceptors (Lipinski definition) is 10.